The first kappa shape index (κ1) is 17.9. The van der Waals surface area contributed by atoms with Crippen molar-refractivity contribution in [1.29, 1.82) is 0 Å². The highest BCUT2D eigenvalue weighted by molar-refractivity contribution is 5.95. The molecule has 0 unspecified atom stereocenters. The van der Waals surface area contributed by atoms with Gasteiger partial charge in [-0.2, -0.15) is 0 Å². The second-order valence-corrected chi connectivity index (χ2v) is 7.06. The van der Waals surface area contributed by atoms with Crippen LogP contribution < -0.4 is 11.1 Å². The third-order valence-electron chi connectivity index (χ3n) is 5.04. The fraction of sp³-hybridized carbons (Fsp3) is 0.0417. The number of benzene rings is 3. The van der Waals surface area contributed by atoms with Crippen LogP contribution in [-0.4, -0.2) is 20.4 Å². The van der Waals surface area contributed by atoms with Crippen LogP contribution >= 0.6 is 0 Å². The molecule has 146 valence electrons. The maximum absolute atomic E-state index is 12.9. The van der Waals surface area contributed by atoms with E-state index in [4.69, 9.17) is 10.7 Å². The van der Waals surface area contributed by atoms with Gasteiger partial charge in [-0.1, -0.05) is 30.3 Å². The molecule has 30 heavy (non-hydrogen) atoms. The molecule has 2 heterocycles. The van der Waals surface area contributed by atoms with Crippen molar-refractivity contribution in [3.05, 3.63) is 85.1 Å². The Morgan fingerprint density at radius 1 is 0.933 bits per heavy atom. The Morgan fingerprint density at radius 3 is 2.67 bits per heavy atom. The van der Waals surface area contributed by atoms with Crippen LogP contribution in [0.15, 0.2) is 85.1 Å². The van der Waals surface area contributed by atoms with Crippen LogP contribution in [0.1, 0.15) is 0 Å². The molecule has 6 nitrogen and oxygen atoms in total. The van der Waals surface area contributed by atoms with Gasteiger partial charge in [0.1, 0.15) is 12.4 Å². The third-order valence-corrected chi connectivity index (χ3v) is 5.04. The average Bonchev–Trinajstić information content (AvgIpc) is 3.12. The molecular formula is C24H19N5O. The van der Waals surface area contributed by atoms with Crippen molar-refractivity contribution < 1.29 is 4.79 Å². The molecule has 5 rings (SSSR count). The van der Waals surface area contributed by atoms with Gasteiger partial charge in [-0.3, -0.25) is 9.78 Å². The zero-order valence-electron chi connectivity index (χ0n) is 16.1. The number of rotatable bonds is 4. The number of nitrogens with zero attached hydrogens (tertiary/aromatic N) is 3. The number of hydrogen-bond donors (Lipinski definition) is 2. The number of fused-ring (bicyclic) bond motifs is 2. The standard InChI is InChI=1S/C24H19N5O/c25-19-8-2-1-7-18(19)24-28-21-9-3-4-10-22(21)29(24)15-23(30)27-17-11-12-20-16(14-17)6-5-13-26-20/h1-14H,15,25H2,(H,27,30). The second-order valence-electron chi connectivity index (χ2n) is 7.06. The van der Waals surface area contributed by atoms with E-state index in [-0.39, 0.29) is 12.5 Å². The van der Waals surface area contributed by atoms with Crippen LogP contribution in [0.4, 0.5) is 11.4 Å². The normalized spacial score (nSPS) is 11.1. The Bertz CT molecular complexity index is 1390. The Hall–Kier alpha value is -4.19. The molecule has 3 N–H and O–H groups in total. The van der Waals surface area contributed by atoms with E-state index in [1.54, 1.807) is 6.20 Å². The van der Waals surface area contributed by atoms with Gasteiger partial charge in [0, 0.05) is 28.5 Å². The van der Waals surface area contributed by atoms with Crippen molar-refractivity contribution in [1.82, 2.24) is 14.5 Å². The first-order chi connectivity index (χ1) is 14.7. The first-order valence-electron chi connectivity index (χ1n) is 9.64. The zero-order valence-corrected chi connectivity index (χ0v) is 16.1. The maximum Gasteiger partial charge on any atom is 0.244 e. The third kappa shape index (κ3) is 3.24. The summed E-state index contributed by atoms with van der Waals surface area (Å²) in [6, 6.07) is 24.8. The molecule has 0 fully saturated rings. The lowest BCUT2D eigenvalue weighted by molar-refractivity contribution is -0.116. The van der Waals surface area contributed by atoms with E-state index >= 15 is 0 Å². The van der Waals surface area contributed by atoms with Crippen LogP contribution in [0.3, 0.4) is 0 Å². The number of nitrogens with two attached hydrogens (primary N) is 1. The molecule has 0 radical (unpaired) electrons. The van der Waals surface area contributed by atoms with E-state index < -0.39 is 0 Å². The molecule has 1 amide bonds. The zero-order chi connectivity index (χ0) is 20.5. The van der Waals surface area contributed by atoms with E-state index in [1.807, 2.05) is 83.4 Å². The quantitative estimate of drug-likeness (QED) is 0.441. The summed E-state index contributed by atoms with van der Waals surface area (Å²) in [4.78, 5) is 22.0. The minimum absolute atomic E-state index is 0.120. The predicted octanol–water partition coefficient (Wildman–Crippen LogP) is 4.47. The van der Waals surface area contributed by atoms with Gasteiger partial charge in [0.05, 0.1) is 16.6 Å². The highest BCUT2D eigenvalue weighted by atomic mass is 16.1. The van der Waals surface area contributed by atoms with Crippen molar-refractivity contribution in [2.75, 3.05) is 11.1 Å². The summed E-state index contributed by atoms with van der Waals surface area (Å²) in [6.45, 7) is 0.120. The van der Waals surface area contributed by atoms with Crippen molar-refractivity contribution >= 4 is 39.2 Å². The SMILES string of the molecule is Nc1ccccc1-c1nc2ccccc2n1CC(=O)Nc1ccc2ncccc2c1. The summed E-state index contributed by atoms with van der Waals surface area (Å²) in [6.07, 6.45) is 1.75. The van der Waals surface area contributed by atoms with Gasteiger partial charge < -0.3 is 15.6 Å². The van der Waals surface area contributed by atoms with Crippen LogP contribution in [0, 0.1) is 0 Å². The lowest BCUT2D eigenvalue weighted by Crippen LogP contribution is -2.19. The van der Waals surface area contributed by atoms with Gasteiger partial charge in [0.2, 0.25) is 5.91 Å². The Kier molecular flexibility index (Phi) is 4.37. The summed E-state index contributed by atoms with van der Waals surface area (Å²) in [5.41, 5.74) is 10.9. The van der Waals surface area contributed by atoms with E-state index in [0.29, 0.717) is 11.5 Å². The minimum atomic E-state index is -0.142. The fourth-order valence-corrected chi connectivity index (χ4v) is 3.64. The lowest BCUT2D eigenvalue weighted by Gasteiger charge is -2.12. The predicted molar refractivity (Wildman–Crippen MR) is 120 cm³/mol. The molecule has 0 aliphatic rings. The van der Waals surface area contributed by atoms with Gasteiger partial charge in [-0.05, 0) is 48.5 Å². The molecule has 2 aromatic heterocycles. The smallest absolute Gasteiger partial charge is 0.244 e. The summed E-state index contributed by atoms with van der Waals surface area (Å²) in [7, 11) is 0. The second kappa shape index (κ2) is 7.33. The largest absolute Gasteiger partial charge is 0.398 e. The molecule has 0 aliphatic carbocycles. The number of nitrogens with one attached hydrogen (secondary N) is 1. The van der Waals surface area contributed by atoms with Gasteiger partial charge in [0.25, 0.3) is 0 Å². The van der Waals surface area contributed by atoms with Crippen molar-refractivity contribution in [2.45, 2.75) is 6.54 Å². The van der Waals surface area contributed by atoms with Crippen molar-refractivity contribution in [3.8, 4) is 11.4 Å². The van der Waals surface area contributed by atoms with E-state index in [2.05, 4.69) is 10.3 Å². The highest BCUT2D eigenvalue weighted by Gasteiger charge is 2.17. The number of aromatic nitrogens is 3. The average molecular weight is 393 g/mol. The Balaban J connectivity index is 1.50. The molecule has 3 aromatic carbocycles. The molecule has 0 atom stereocenters. The number of para-hydroxylation sites is 3. The molecule has 0 saturated carbocycles. The highest BCUT2D eigenvalue weighted by Crippen LogP contribution is 2.29. The van der Waals surface area contributed by atoms with Crippen LogP contribution in [0.25, 0.3) is 33.3 Å². The maximum atomic E-state index is 12.9. The molecule has 0 bridgehead atoms. The molecule has 6 heteroatoms. The Morgan fingerprint density at radius 2 is 1.77 bits per heavy atom. The lowest BCUT2D eigenvalue weighted by atomic mass is 10.1. The summed E-state index contributed by atoms with van der Waals surface area (Å²) < 4.78 is 1.90. The van der Waals surface area contributed by atoms with Gasteiger partial charge >= 0.3 is 0 Å². The number of anilines is 2. The monoisotopic (exact) mass is 393 g/mol. The first-order valence-corrected chi connectivity index (χ1v) is 9.64. The molecule has 0 saturated heterocycles. The molecule has 0 aliphatic heterocycles. The van der Waals surface area contributed by atoms with E-state index in [1.165, 1.54) is 0 Å². The van der Waals surface area contributed by atoms with Crippen molar-refractivity contribution in [3.63, 3.8) is 0 Å². The van der Waals surface area contributed by atoms with Gasteiger partial charge in [0.15, 0.2) is 0 Å². The topological polar surface area (TPSA) is 85.8 Å². The number of carbonyl (C=O) groups is 1. The molecule has 0 spiro atoms. The minimum Gasteiger partial charge on any atom is -0.398 e. The van der Waals surface area contributed by atoms with Crippen LogP contribution in [-0.2, 0) is 11.3 Å². The molecular weight excluding hydrogens is 374 g/mol. The number of carbonyl (C=O) groups excluding carboxylic acids is 1. The van der Waals surface area contributed by atoms with Crippen molar-refractivity contribution in [2.24, 2.45) is 0 Å². The van der Waals surface area contributed by atoms with Gasteiger partial charge in [-0.25, -0.2) is 4.98 Å². The fourth-order valence-electron chi connectivity index (χ4n) is 3.64. The molecule has 5 aromatic rings. The van der Waals surface area contributed by atoms with Crippen LogP contribution in [0.2, 0.25) is 0 Å². The number of nitrogen functional groups attached to an aromatic ring is 1. The summed E-state index contributed by atoms with van der Waals surface area (Å²) in [5, 5.41) is 3.96. The Labute approximate surface area is 173 Å². The number of amides is 1. The van der Waals surface area contributed by atoms with E-state index in [9.17, 15) is 4.79 Å². The van der Waals surface area contributed by atoms with Crippen LogP contribution in [0.5, 0.6) is 0 Å². The number of imidazole rings is 1. The van der Waals surface area contributed by atoms with Gasteiger partial charge in [-0.15, -0.1) is 0 Å². The number of pyridine rings is 1. The number of hydrogen-bond acceptors (Lipinski definition) is 4. The summed E-state index contributed by atoms with van der Waals surface area (Å²) >= 11 is 0. The van der Waals surface area contributed by atoms with E-state index in [0.717, 1.165) is 33.2 Å². The summed E-state index contributed by atoms with van der Waals surface area (Å²) in [5.74, 6) is 0.532.